The second-order valence-electron chi connectivity index (χ2n) is 6.56. The first-order valence-corrected chi connectivity index (χ1v) is 8.74. The van der Waals surface area contributed by atoms with Gasteiger partial charge in [-0.3, -0.25) is 4.79 Å². The van der Waals surface area contributed by atoms with Gasteiger partial charge in [0.05, 0.1) is 36.0 Å². The van der Waals surface area contributed by atoms with Gasteiger partial charge < -0.3 is 21.3 Å². The van der Waals surface area contributed by atoms with Gasteiger partial charge in [0.25, 0.3) is 5.91 Å². The molecule has 1 saturated heterocycles. The maximum absolute atomic E-state index is 11.3. The van der Waals surface area contributed by atoms with Crippen molar-refractivity contribution in [2.75, 3.05) is 43.9 Å². The highest BCUT2D eigenvalue weighted by Crippen LogP contribution is 2.20. The van der Waals surface area contributed by atoms with Crippen molar-refractivity contribution in [1.82, 2.24) is 34.6 Å². The lowest BCUT2D eigenvalue weighted by Gasteiger charge is -2.33. The van der Waals surface area contributed by atoms with Crippen molar-refractivity contribution in [2.45, 2.75) is 0 Å². The first-order valence-electron chi connectivity index (χ1n) is 8.74. The molecule has 1 aliphatic rings. The SMILES string of the molecule is CN1CCN(c2cnc(-c3cnc(N)c(-n4cc(C(N)=O)cn4)n3)nc2)CC1. The largest absolute Gasteiger partial charge is 0.381 e. The molecule has 144 valence electrons. The van der Waals surface area contributed by atoms with Gasteiger partial charge in [-0.25, -0.2) is 24.6 Å². The Bertz CT molecular complexity index is 991. The summed E-state index contributed by atoms with van der Waals surface area (Å²) in [5, 5.41) is 4.07. The summed E-state index contributed by atoms with van der Waals surface area (Å²) in [5.74, 6) is 0.277. The highest BCUT2D eigenvalue weighted by molar-refractivity contribution is 5.92. The third-order valence-electron chi connectivity index (χ3n) is 4.60. The number of anilines is 2. The van der Waals surface area contributed by atoms with Crippen molar-refractivity contribution in [3.63, 3.8) is 0 Å². The number of likely N-dealkylation sites (N-methyl/N-ethyl adjacent to an activating group) is 1. The number of carbonyl (C=O) groups excluding carboxylic acids is 1. The van der Waals surface area contributed by atoms with E-state index in [4.69, 9.17) is 11.5 Å². The highest BCUT2D eigenvalue weighted by Gasteiger charge is 2.16. The minimum Gasteiger partial charge on any atom is -0.381 e. The zero-order valence-corrected chi connectivity index (χ0v) is 15.4. The normalized spacial score (nSPS) is 15.0. The Morgan fingerprint density at radius 3 is 2.39 bits per heavy atom. The first-order chi connectivity index (χ1) is 13.5. The molecule has 4 N–H and O–H groups in total. The molecule has 4 rings (SSSR count). The summed E-state index contributed by atoms with van der Waals surface area (Å²) < 4.78 is 1.35. The number of nitrogen functional groups attached to an aromatic ring is 1. The Hall–Kier alpha value is -3.60. The predicted octanol–water partition coefficient (Wildman–Crippen LogP) is -0.448. The third-order valence-corrected chi connectivity index (χ3v) is 4.60. The number of primary amides is 1. The van der Waals surface area contributed by atoms with Gasteiger partial charge in [0.15, 0.2) is 17.5 Å². The van der Waals surface area contributed by atoms with Crippen LogP contribution in [0.5, 0.6) is 0 Å². The lowest BCUT2D eigenvalue weighted by molar-refractivity contribution is 0.100. The zero-order valence-electron chi connectivity index (χ0n) is 15.4. The van der Waals surface area contributed by atoms with E-state index in [0.29, 0.717) is 11.5 Å². The van der Waals surface area contributed by atoms with Gasteiger partial charge in [0, 0.05) is 32.4 Å². The van der Waals surface area contributed by atoms with Crippen molar-refractivity contribution in [2.24, 2.45) is 5.73 Å². The topological polar surface area (TPSA) is 145 Å². The van der Waals surface area contributed by atoms with Gasteiger partial charge in [0.2, 0.25) is 0 Å². The van der Waals surface area contributed by atoms with E-state index in [-0.39, 0.29) is 17.2 Å². The van der Waals surface area contributed by atoms with Crippen LogP contribution in [0.3, 0.4) is 0 Å². The molecule has 28 heavy (non-hydrogen) atoms. The Kier molecular flexibility index (Phi) is 4.57. The van der Waals surface area contributed by atoms with Crippen LogP contribution in [0, 0.1) is 0 Å². The molecule has 0 aromatic carbocycles. The molecular formula is C17H20N10O. The summed E-state index contributed by atoms with van der Waals surface area (Å²) in [7, 11) is 2.11. The molecule has 3 aromatic rings. The van der Waals surface area contributed by atoms with Crippen LogP contribution < -0.4 is 16.4 Å². The van der Waals surface area contributed by atoms with Crippen LogP contribution in [0.15, 0.2) is 31.0 Å². The van der Waals surface area contributed by atoms with E-state index in [1.807, 2.05) is 0 Å². The lowest BCUT2D eigenvalue weighted by Crippen LogP contribution is -2.44. The third kappa shape index (κ3) is 3.47. The summed E-state index contributed by atoms with van der Waals surface area (Å²) in [5.41, 5.74) is 12.8. The summed E-state index contributed by atoms with van der Waals surface area (Å²) >= 11 is 0. The Balaban J connectivity index is 1.60. The molecule has 3 aromatic heterocycles. The molecule has 11 nitrogen and oxygen atoms in total. The summed E-state index contributed by atoms with van der Waals surface area (Å²) in [6.07, 6.45) is 7.86. The van der Waals surface area contributed by atoms with E-state index in [2.05, 4.69) is 41.9 Å². The van der Waals surface area contributed by atoms with E-state index >= 15 is 0 Å². The molecule has 0 aliphatic carbocycles. The number of nitrogens with zero attached hydrogens (tertiary/aromatic N) is 8. The maximum Gasteiger partial charge on any atom is 0.251 e. The Morgan fingerprint density at radius 2 is 1.75 bits per heavy atom. The summed E-state index contributed by atoms with van der Waals surface area (Å²) in [6, 6.07) is 0. The molecule has 1 aliphatic heterocycles. The number of aromatic nitrogens is 6. The van der Waals surface area contributed by atoms with Crippen molar-refractivity contribution < 1.29 is 4.79 Å². The Morgan fingerprint density at radius 1 is 1.04 bits per heavy atom. The molecule has 0 unspecified atom stereocenters. The van der Waals surface area contributed by atoms with Crippen molar-refractivity contribution in [3.05, 3.63) is 36.5 Å². The molecule has 4 heterocycles. The number of carbonyl (C=O) groups is 1. The van der Waals surface area contributed by atoms with Crippen LogP contribution in [-0.2, 0) is 0 Å². The first kappa shape index (κ1) is 17.8. The number of rotatable bonds is 4. The smallest absolute Gasteiger partial charge is 0.251 e. The number of hydrogen-bond acceptors (Lipinski definition) is 9. The minimum atomic E-state index is -0.586. The van der Waals surface area contributed by atoms with E-state index < -0.39 is 5.91 Å². The van der Waals surface area contributed by atoms with E-state index in [9.17, 15) is 4.79 Å². The summed E-state index contributed by atoms with van der Waals surface area (Å²) in [6.45, 7) is 3.89. The molecule has 1 fully saturated rings. The van der Waals surface area contributed by atoms with Gasteiger partial charge in [-0.15, -0.1) is 0 Å². The van der Waals surface area contributed by atoms with Gasteiger partial charge in [-0.2, -0.15) is 5.10 Å². The van der Waals surface area contributed by atoms with Crippen LogP contribution in [-0.4, -0.2) is 73.8 Å². The fourth-order valence-electron chi connectivity index (χ4n) is 2.91. The van der Waals surface area contributed by atoms with Crippen LogP contribution in [0.25, 0.3) is 17.3 Å². The van der Waals surface area contributed by atoms with Crippen LogP contribution >= 0.6 is 0 Å². The van der Waals surface area contributed by atoms with Gasteiger partial charge >= 0.3 is 0 Å². The fraction of sp³-hybridized carbons (Fsp3) is 0.294. The average Bonchev–Trinajstić information content (AvgIpc) is 3.20. The van der Waals surface area contributed by atoms with Crippen LogP contribution in [0.4, 0.5) is 11.5 Å². The second kappa shape index (κ2) is 7.19. The number of nitrogens with two attached hydrogens (primary N) is 2. The molecule has 11 heteroatoms. The summed E-state index contributed by atoms with van der Waals surface area (Å²) in [4.78, 5) is 33.3. The fourth-order valence-corrected chi connectivity index (χ4v) is 2.91. The maximum atomic E-state index is 11.3. The van der Waals surface area contributed by atoms with Gasteiger partial charge in [-0.1, -0.05) is 0 Å². The quantitative estimate of drug-likeness (QED) is 0.614. The van der Waals surface area contributed by atoms with E-state index in [0.717, 1.165) is 31.9 Å². The molecule has 0 saturated carbocycles. The second-order valence-corrected chi connectivity index (χ2v) is 6.56. The molecule has 1 amide bonds. The van der Waals surface area contributed by atoms with Gasteiger partial charge in [-0.05, 0) is 7.05 Å². The van der Waals surface area contributed by atoms with E-state index in [1.54, 1.807) is 12.4 Å². The van der Waals surface area contributed by atoms with Crippen LogP contribution in [0.2, 0.25) is 0 Å². The minimum absolute atomic E-state index is 0.164. The number of piperazine rings is 1. The highest BCUT2D eigenvalue weighted by atomic mass is 16.1. The monoisotopic (exact) mass is 380 g/mol. The molecule has 0 spiro atoms. The Labute approximate surface area is 161 Å². The lowest BCUT2D eigenvalue weighted by atomic mass is 10.3. The van der Waals surface area contributed by atoms with Crippen LogP contribution in [0.1, 0.15) is 10.4 Å². The molecule has 0 bridgehead atoms. The van der Waals surface area contributed by atoms with Crippen molar-refractivity contribution in [3.8, 4) is 17.3 Å². The number of amides is 1. The van der Waals surface area contributed by atoms with Crippen molar-refractivity contribution >= 4 is 17.4 Å². The zero-order chi connectivity index (χ0) is 19.7. The predicted molar refractivity (Wildman–Crippen MR) is 103 cm³/mol. The molecule has 0 radical (unpaired) electrons. The molecular weight excluding hydrogens is 360 g/mol. The number of hydrogen-bond donors (Lipinski definition) is 2. The molecule has 0 atom stereocenters. The van der Waals surface area contributed by atoms with Crippen molar-refractivity contribution in [1.29, 1.82) is 0 Å². The van der Waals surface area contributed by atoms with Gasteiger partial charge in [0.1, 0.15) is 5.69 Å². The standard InChI is InChI=1S/C17H20N10O/c1-25-2-4-26(5-3-25)12-7-21-16(22-8-12)13-9-20-14(18)17(24-13)27-10-11(6-23-27)15(19)28/h6-10H,2-5H2,1H3,(H2,18,20)(H2,19,28). The average molecular weight is 380 g/mol. The van der Waals surface area contributed by atoms with E-state index in [1.165, 1.54) is 23.3 Å².